The molecule has 1 fully saturated rings. The molecule has 0 radical (unpaired) electrons. The number of hydrogen-bond donors (Lipinski definition) is 1. The van der Waals surface area contributed by atoms with Gasteiger partial charge in [0.2, 0.25) is 0 Å². The number of nitrogens with two attached hydrogens (primary N) is 1. The van der Waals surface area contributed by atoms with Gasteiger partial charge in [-0.3, -0.25) is 4.79 Å². The van der Waals surface area contributed by atoms with Crippen molar-refractivity contribution in [1.82, 2.24) is 0 Å². The number of benzene rings is 1. The molecule has 17 heavy (non-hydrogen) atoms. The molecule has 0 amide bonds. The van der Waals surface area contributed by atoms with E-state index in [-0.39, 0.29) is 5.78 Å². The van der Waals surface area contributed by atoms with Crippen LogP contribution in [0, 0.1) is 0 Å². The summed E-state index contributed by atoms with van der Waals surface area (Å²) in [6.07, 6.45) is 6.21. The molecule has 2 N–H and O–H groups in total. The van der Waals surface area contributed by atoms with E-state index < -0.39 is 0 Å². The molecule has 0 atom stereocenters. The number of anilines is 1. The van der Waals surface area contributed by atoms with Gasteiger partial charge in [0.15, 0.2) is 5.78 Å². The van der Waals surface area contributed by atoms with Crippen molar-refractivity contribution in [1.29, 1.82) is 0 Å². The topological polar surface area (TPSA) is 46.3 Å². The van der Waals surface area contributed by atoms with Gasteiger partial charge in [-0.25, -0.2) is 5.84 Å². The molecule has 1 saturated carbocycles. The number of hydrazine groups is 1. The molecule has 0 heterocycles. The first kappa shape index (κ1) is 12.1. The van der Waals surface area contributed by atoms with Crippen LogP contribution >= 0.6 is 0 Å². The summed E-state index contributed by atoms with van der Waals surface area (Å²) in [5.74, 6) is 6.24. The summed E-state index contributed by atoms with van der Waals surface area (Å²) in [5.41, 5.74) is 1.74. The lowest BCUT2D eigenvalue weighted by Gasteiger charge is -2.32. The molecule has 0 saturated heterocycles. The molecule has 0 unspecified atom stereocenters. The number of rotatable bonds is 3. The number of carbonyl (C=O) groups is 1. The number of ketones is 1. The molecule has 1 aromatic carbocycles. The summed E-state index contributed by atoms with van der Waals surface area (Å²) in [7, 11) is 0. The van der Waals surface area contributed by atoms with Crippen LogP contribution < -0.4 is 10.9 Å². The Labute approximate surface area is 103 Å². The fourth-order valence-electron chi connectivity index (χ4n) is 2.44. The molecule has 0 spiro atoms. The standard InChI is InChI=1S/C14H20N2O/c1-11(17)12-7-9-14(10-8-12)16(15)13-5-3-2-4-6-13/h7-10,13H,2-6,15H2,1H3. The second-order valence-electron chi connectivity index (χ2n) is 4.80. The predicted molar refractivity (Wildman–Crippen MR) is 70.0 cm³/mol. The third-order valence-corrected chi connectivity index (χ3v) is 3.54. The number of nitrogens with zero attached hydrogens (tertiary/aromatic N) is 1. The quantitative estimate of drug-likeness (QED) is 0.495. The first-order chi connectivity index (χ1) is 8.18. The third kappa shape index (κ3) is 2.86. The van der Waals surface area contributed by atoms with Gasteiger partial charge in [-0.2, -0.15) is 0 Å². The van der Waals surface area contributed by atoms with Crippen molar-refractivity contribution in [3.63, 3.8) is 0 Å². The van der Waals surface area contributed by atoms with E-state index >= 15 is 0 Å². The van der Waals surface area contributed by atoms with E-state index in [2.05, 4.69) is 0 Å². The second-order valence-corrected chi connectivity index (χ2v) is 4.80. The normalized spacial score (nSPS) is 16.8. The third-order valence-electron chi connectivity index (χ3n) is 3.54. The van der Waals surface area contributed by atoms with Gasteiger partial charge in [-0.05, 0) is 44.0 Å². The van der Waals surface area contributed by atoms with Crippen LogP contribution in [0.2, 0.25) is 0 Å². The zero-order valence-electron chi connectivity index (χ0n) is 10.4. The van der Waals surface area contributed by atoms with E-state index in [9.17, 15) is 4.79 Å². The van der Waals surface area contributed by atoms with Gasteiger partial charge in [-0.15, -0.1) is 0 Å². The van der Waals surface area contributed by atoms with Crippen LogP contribution in [0.3, 0.4) is 0 Å². The summed E-state index contributed by atoms with van der Waals surface area (Å²) in [5, 5.41) is 1.86. The van der Waals surface area contributed by atoms with Crippen LogP contribution in [-0.2, 0) is 0 Å². The Morgan fingerprint density at radius 2 is 1.76 bits per heavy atom. The monoisotopic (exact) mass is 232 g/mol. The fourth-order valence-corrected chi connectivity index (χ4v) is 2.44. The van der Waals surface area contributed by atoms with Crippen molar-refractivity contribution in [2.45, 2.75) is 45.1 Å². The van der Waals surface area contributed by atoms with Crippen molar-refractivity contribution >= 4 is 11.5 Å². The van der Waals surface area contributed by atoms with E-state index in [0.29, 0.717) is 6.04 Å². The molecule has 1 aromatic rings. The molecule has 2 rings (SSSR count). The van der Waals surface area contributed by atoms with Crippen LogP contribution in [-0.4, -0.2) is 11.8 Å². The van der Waals surface area contributed by atoms with Gasteiger partial charge in [-0.1, -0.05) is 19.3 Å². The average Bonchev–Trinajstić information content (AvgIpc) is 2.39. The van der Waals surface area contributed by atoms with Gasteiger partial charge in [0.25, 0.3) is 0 Å². The highest BCUT2D eigenvalue weighted by Gasteiger charge is 2.18. The highest BCUT2D eigenvalue weighted by atomic mass is 16.1. The Morgan fingerprint density at radius 1 is 1.18 bits per heavy atom. The smallest absolute Gasteiger partial charge is 0.159 e. The summed E-state index contributed by atoms with van der Waals surface area (Å²) in [6.45, 7) is 1.58. The van der Waals surface area contributed by atoms with Gasteiger partial charge < -0.3 is 5.01 Å². The molecular weight excluding hydrogens is 212 g/mol. The average molecular weight is 232 g/mol. The zero-order valence-corrected chi connectivity index (χ0v) is 10.4. The van der Waals surface area contributed by atoms with Crippen molar-refractivity contribution < 1.29 is 4.79 Å². The minimum Gasteiger partial charge on any atom is -0.308 e. The minimum absolute atomic E-state index is 0.0952. The van der Waals surface area contributed by atoms with Gasteiger partial charge >= 0.3 is 0 Å². The van der Waals surface area contributed by atoms with E-state index in [4.69, 9.17) is 5.84 Å². The van der Waals surface area contributed by atoms with Crippen molar-refractivity contribution in [3.05, 3.63) is 29.8 Å². The Kier molecular flexibility index (Phi) is 3.79. The molecule has 3 nitrogen and oxygen atoms in total. The molecule has 92 valence electrons. The lowest BCUT2D eigenvalue weighted by molar-refractivity contribution is 0.101. The highest BCUT2D eigenvalue weighted by molar-refractivity contribution is 5.94. The van der Waals surface area contributed by atoms with Gasteiger partial charge in [0.05, 0.1) is 5.69 Å². The largest absolute Gasteiger partial charge is 0.308 e. The maximum absolute atomic E-state index is 11.2. The van der Waals surface area contributed by atoms with Gasteiger partial charge in [0.1, 0.15) is 0 Å². The van der Waals surface area contributed by atoms with Crippen molar-refractivity contribution in [3.8, 4) is 0 Å². The Bertz CT molecular complexity index is 380. The number of hydrogen-bond acceptors (Lipinski definition) is 3. The van der Waals surface area contributed by atoms with E-state index in [1.54, 1.807) is 6.92 Å². The van der Waals surface area contributed by atoms with Crippen LogP contribution in [0.4, 0.5) is 5.69 Å². The highest BCUT2D eigenvalue weighted by Crippen LogP contribution is 2.25. The predicted octanol–water partition coefficient (Wildman–Crippen LogP) is 2.90. The molecular formula is C14H20N2O. The number of Topliss-reactive ketones (excluding diaryl/α,β-unsaturated/α-hetero) is 1. The first-order valence-corrected chi connectivity index (χ1v) is 6.33. The van der Waals surface area contributed by atoms with Crippen molar-refractivity contribution in [2.24, 2.45) is 5.84 Å². The van der Waals surface area contributed by atoms with E-state index in [1.807, 2.05) is 29.3 Å². The van der Waals surface area contributed by atoms with E-state index in [0.717, 1.165) is 11.3 Å². The SMILES string of the molecule is CC(=O)c1ccc(N(N)C2CCCCC2)cc1. The maximum Gasteiger partial charge on any atom is 0.159 e. The fraction of sp³-hybridized carbons (Fsp3) is 0.500. The summed E-state index contributed by atoms with van der Waals surface area (Å²) >= 11 is 0. The van der Waals surface area contributed by atoms with Crippen LogP contribution in [0.25, 0.3) is 0 Å². The van der Waals surface area contributed by atoms with Gasteiger partial charge in [0, 0.05) is 11.6 Å². The van der Waals surface area contributed by atoms with Crippen LogP contribution in [0.5, 0.6) is 0 Å². The van der Waals surface area contributed by atoms with Crippen LogP contribution in [0.15, 0.2) is 24.3 Å². The Balaban J connectivity index is 2.07. The summed E-state index contributed by atoms with van der Waals surface area (Å²) in [4.78, 5) is 11.2. The van der Waals surface area contributed by atoms with Crippen LogP contribution in [0.1, 0.15) is 49.4 Å². The summed E-state index contributed by atoms with van der Waals surface area (Å²) in [6, 6.07) is 8.02. The van der Waals surface area contributed by atoms with E-state index in [1.165, 1.54) is 32.1 Å². The zero-order chi connectivity index (χ0) is 12.3. The number of carbonyl (C=O) groups excluding carboxylic acids is 1. The second kappa shape index (κ2) is 5.32. The molecule has 0 bridgehead atoms. The molecule has 0 aliphatic heterocycles. The molecule has 1 aliphatic carbocycles. The molecule has 1 aliphatic rings. The molecule has 0 aromatic heterocycles. The Hall–Kier alpha value is -1.35. The lowest BCUT2D eigenvalue weighted by Crippen LogP contribution is -2.42. The minimum atomic E-state index is 0.0952. The van der Waals surface area contributed by atoms with Crippen molar-refractivity contribution in [2.75, 3.05) is 5.01 Å². The summed E-state index contributed by atoms with van der Waals surface area (Å²) < 4.78 is 0. The first-order valence-electron chi connectivity index (χ1n) is 6.33. The Morgan fingerprint density at radius 3 is 2.29 bits per heavy atom. The lowest BCUT2D eigenvalue weighted by atomic mass is 9.95. The molecule has 3 heteroatoms. The maximum atomic E-state index is 11.2.